The van der Waals surface area contributed by atoms with E-state index in [1.54, 1.807) is 20.8 Å². The molecule has 3 amide bonds. The van der Waals surface area contributed by atoms with Crippen molar-refractivity contribution in [2.24, 2.45) is 0 Å². The third-order valence-electron chi connectivity index (χ3n) is 5.85. The maximum atomic E-state index is 12.8. The van der Waals surface area contributed by atoms with Gasteiger partial charge in [0.2, 0.25) is 11.8 Å². The maximum absolute atomic E-state index is 12.8. The molecule has 0 spiro atoms. The third-order valence-corrected chi connectivity index (χ3v) is 5.85. The molecule has 2 fully saturated rings. The molecule has 8 heteroatoms. The average Bonchev–Trinajstić information content (AvgIpc) is 3.37. The Morgan fingerprint density at radius 1 is 1.10 bits per heavy atom. The first-order valence-electron chi connectivity index (χ1n) is 10.8. The minimum Gasteiger partial charge on any atom is -0.471 e. The Labute approximate surface area is 182 Å². The summed E-state index contributed by atoms with van der Waals surface area (Å²) < 4.78 is 5.85. The molecule has 2 aromatic rings. The van der Waals surface area contributed by atoms with Crippen molar-refractivity contribution < 1.29 is 14.3 Å². The number of carbonyl (C=O) groups is 2. The predicted molar refractivity (Wildman–Crippen MR) is 117 cm³/mol. The number of ether oxygens (including phenoxy) is 1. The minimum atomic E-state index is -0.118. The summed E-state index contributed by atoms with van der Waals surface area (Å²) in [5.41, 5.74) is 2.94. The van der Waals surface area contributed by atoms with E-state index in [-0.39, 0.29) is 24.6 Å². The molecular weight excluding hydrogens is 394 g/mol. The molecular formula is C23H29N5O3. The van der Waals surface area contributed by atoms with E-state index in [9.17, 15) is 9.59 Å². The third kappa shape index (κ3) is 4.78. The van der Waals surface area contributed by atoms with E-state index in [2.05, 4.69) is 36.2 Å². The molecule has 1 aromatic carbocycles. The first kappa shape index (κ1) is 21.1. The SMILES string of the molecule is Cc1ccc(OC2CCN(C(=O)CN3CCN(c4ccc(C(C)C)cc4)C3=O)C2)nn1. The fourth-order valence-electron chi connectivity index (χ4n) is 3.94. The lowest BCUT2D eigenvalue weighted by Gasteiger charge is -2.22. The molecule has 3 heterocycles. The Hall–Kier alpha value is -3.16. The van der Waals surface area contributed by atoms with Crippen molar-refractivity contribution in [2.45, 2.75) is 39.2 Å². The van der Waals surface area contributed by atoms with Gasteiger partial charge in [0.25, 0.3) is 0 Å². The van der Waals surface area contributed by atoms with Crippen LogP contribution < -0.4 is 9.64 Å². The number of nitrogens with zero attached hydrogens (tertiary/aromatic N) is 5. The number of aryl methyl sites for hydroxylation is 1. The van der Waals surface area contributed by atoms with Crippen LogP contribution in [0.5, 0.6) is 5.88 Å². The lowest BCUT2D eigenvalue weighted by Crippen LogP contribution is -2.42. The van der Waals surface area contributed by atoms with Crippen LogP contribution in [0.1, 0.15) is 37.4 Å². The van der Waals surface area contributed by atoms with Crippen molar-refractivity contribution in [3.63, 3.8) is 0 Å². The topological polar surface area (TPSA) is 78.9 Å². The van der Waals surface area contributed by atoms with Gasteiger partial charge in [-0.2, -0.15) is 5.10 Å². The Morgan fingerprint density at radius 3 is 2.55 bits per heavy atom. The van der Waals surface area contributed by atoms with Gasteiger partial charge in [0.15, 0.2) is 0 Å². The van der Waals surface area contributed by atoms with Crippen molar-refractivity contribution in [1.82, 2.24) is 20.0 Å². The zero-order valence-electron chi connectivity index (χ0n) is 18.3. The lowest BCUT2D eigenvalue weighted by atomic mass is 10.0. The molecule has 0 saturated carbocycles. The number of benzene rings is 1. The van der Waals surface area contributed by atoms with E-state index in [0.717, 1.165) is 17.8 Å². The number of hydrogen-bond acceptors (Lipinski definition) is 5. The first-order chi connectivity index (χ1) is 14.9. The zero-order chi connectivity index (χ0) is 22.0. The van der Waals surface area contributed by atoms with Crippen LogP contribution in [0.3, 0.4) is 0 Å². The van der Waals surface area contributed by atoms with Crippen LogP contribution in [0.4, 0.5) is 10.5 Å². The highest BCUT2D eigenvalue weighted by Crippen LogP contribution is 2.24. The fraction of sp³-hybridized carbons (Fsp3) is 0.478. The van der Waals surface area contributed by atoms with E-state index in [0.29, 0.717) is 38.0 Å². The molecule has 2 aliphatic rings. The molecule has 0 aliphatic carbocycles. The smallest absolute Gasteiger partial charge is 0.325 e. The van der Waals surface area contributed by atoms with Crippen molar-refractivity contribution in [2.75, 3.05) is 37.6 Å². The molecule has 0 bridgehead atoms. The van der Waals surface area contributed by atoms with Gasteiger partial charge in [-0.1, -0.05) is 26.0 Å². The monoisotopic (exact) mass is 423 g/mol. The number of amides is 3. The summed E-state index contributed by atoms with van der Waals surface area (Å²) in [5, 5.41) is 8.02. The second kappa shape index (κ2) is 8.91. The van der Waals surface area contributed by atoms with Crippen LogP contribution >= 0.6 is 0 Å². The van der Waals surface area contributed by atoms with Gasteiger partial charge in [-0.15, -0.1) is 5.10 Å². The number of likely N-dealkylation sites (tertiary alicyclic amines) is 1. The number of urea groups is 1. The summed E-state index contributed by atoms with van der Waals surface area (Å²) in [5.74, 6) is 0.869. The number of aromatic nitrogens is 2. The van der Waals surface area contributed by atoms with Gasteiger partial charge < -0.3 is 14.5 Å². The number of hydrogen-bond donors (Lipinski definition) is 0. The first-order valence-corrected chi connectivity index (χ1v) is 10.8. The van der Waals surface area contributed by atoms with Gasteiger partial charge in [0.1, 0.15) is 12.6 Å². The number of anilines is 1. The van der Waals surface area contributed by atoms with Crippen molar-refractivity contribution in [1.29, 1.82) is 0 Å². The largest absolute Gasteiger partial charge is 0.471 e. The average molecular weight is 424 g/mol. The van der Waals surface area contributed by atoms with Crippen LogP contribution in [0.15, 0.2) is 36.4 Å². The number of rotatable bonds is 6. The molecule has 8 nitrogen and oxygen atoms in total. The van der Waals surface area contributed by atoms with Crippen LogP contribution in [-0.2, 0) is 4.79 Å². The lowest BCUT2D eigenvalue weighted by molar-refractivity contribution is -0.130. The summed E-state index contributed by atoms with van der Waals surface area (Å²) in [4.78, 5) is 30.8. The van der Waals surface area contributed by atoms with E-state index >= 15 is 0 Å². The summed E-state index contributed by atoms with van der Waals surface area (Å²) in [6.07, 6.45) is 0.634. The van der Waals surface area contributed by atoms with Gasteiger partial charge in [0.05, 0.1) is 12.2 Å². The summed E-state index contributed by atoms with van der Waals surface area (Å²) in [6.45, 7) is 8.50. The molecule has 2 aliphatic heterocycles. The van der Waals surface area contributed by atoms with Gasteiger partial charge in [0, 0.05) is 37.8 Å². The second-order valence-corrected chi connectivity index (χ2v) is 8.48. The van der Waals surface area contributed by atoms with E-state index in [1.165, 1.54) is 5.56 Å². The molecule has 31 heavy (non-hydrogen) atoms. The van der Waals surface area contributed by atoms with Crippen molar-refractivity contribution >= 4 is 17.6 Å². The molecule has 0 N–H and O–H groups in total. The Bertz CT molecular complexity index is 929. The highest BCUT2D eigenvalue weighted by molar-refractivity contribution is 5.96. The molecule has 164 valence electrons. The van der Waals surface area contributed by atoms with Crippen molar-refractivity contribution in [3.05, 3.63) is 47.7 Å². The molecule has 1 atom stereocenters. The molecule has 1 unspecified atom stereocenters. The minimum absolute atomic E-state index is 0.0496. The quantitative estimate of drug-likeness (QED) is 0.714. The van der Waals surface area contributed by atoms with Gasteiger partial charge in [-0.25, -0.2) is 4.79 Å². The van der Waals surface area contributed by atoms with Crippen LogP contribution in [0.25, 0.3) is 0 Å². The fourth-order valence-corrected chi connectivity index (χ4v) is 3.94. The molecule has 4 rings (SSSR count). The van der Waals surface area contributed by atoms with Crippen LogP contribution in [0.2, 0.25) is 0 Å². The summed E-state index contributed by atoms with van der Waals surface area (Å²) in [7, 11) is 0. The molecule has 2 saturated heterocycles. The zero-order valence-corrected chi connectivity index (χ0v) is 18.3. The van der Waals surface area contributed by atoms with Crippen molar-refractivity contribution in [3.8, 4) is 5.88 Å². The summed E-state index contributed by atoms with van der Waals surface area (Å²) >= 11 is 0. The van der Waals surface area contributed by atoms with Crippen LogP contribution in [0, 0.1) is 6.92 Å². The standard InChI is InChI=1S/C23H29N5O3/c1-16(2)18-5-7-19(8-6-18)28-13-12-27(23(28)30)15-22(29)26-11-10-20(14-26)31-21-9-4-17(3)24-25-21/h4-9,16,20H,10-15H2,1-3H3. The van der Waals surface area contributed by atoms with E-state index in [1.807, 2.05) is 25.1 Å². The van der Waals surface area contributed by atoms with Gasteiger partial charge >= 0.3 is 6.03 Å². The highest BCUT2D eigenvalue weighted by atomic mass is 16.5. The number of carbonyl (C=O) groups excluding carboxylic acids is 2. The predicted octanol–water partition coefficient (Wildman–Crippen LogP) is 2.83. The van der Waals surface area contributed by atoms with E-state index < -0.39 is 0 Å². The van der Waals surface area contributed by atoms with Crippen LogP contribution in [-0.4, -0.2) is 70.8 Å². The molecule has 1 aromatic heterocycles. The Kier molecular flexibility index (Phi) is 6.06. The molecule has 0 radical (unpaired) electrons. The Morgan fingerprint density at radius 2 is 1.87 bits per heavy atom. The maximum Gasteiger partial charge on any atom is 0.325 e. The normalized spacial score (nSPS) is 18.9. The second-order valence-electron chi connectivity index (χ2n) is 8.48. The van der Waals surface area contributed by atoms with Gasteiger partial charge in [-0.3, -0.25) is 9.69 Å². The summed E-state index contributed by atoms with van der Waals surface area (Å²) in [6, 6.07) is 11.6. The van der Waals surface area contributed by atoms with E-state index in [4.69, 9.17) is 4.74 Å². The van der Waals surface area contributed by atoms with Gasteiger partial charge in [-0.05, 0) is 36.6 Å². The highest BCUT2D eigenvalue weighted by Gasteiger charge is 2.34. The Balaban J connectivity index is 1.30.